The molecule has 4 atom stereocenters. The molecule has 6 heteroatoms. The summed E-state index contributed by atoms with van der Waals surface area (Å²) in [5.74, 6) is -2.38. The fourth-order valence-electron chi connectivity index (χ4n) is 5.12. The van der Waals surface area contributed by atoms with Crippen molar-refractivity contribution < 1.29 is 9.47 Å². The van der Waals surface area contributed by atoms with Crippen molar-refractivity contribution in [3.8, 4) is 18.2 Å². The maximum atomic E-state index is 10.3. The minimum atomic E-state index is -1.82. The van der Waals surface area contributed by atoms with Gasteiger partial charge in [-0.05, 0) is 12.0 Å². The summed E-state index contributed by atoms with van der Waals surface area (Å²) in [6.07, 6.45) is 6.06. The van der Waals surface area contributed by atoms with E-state index in [0.717, 1.165) is 31.2 Å². The first kappa shape index (κ1) is 21.8. The molecule has 6 nitrogen and oxygen atoms in total. The highest BCUT2D eigenvalue weighted by atomic mass is 16.7. The van der Waals surface area contributed by atoms with Gasteiger partial charge in [-0.1, -0.05) is 75.8 Å². The number of nitriles is 3. The average Bonchev–Trinajstić information content (AvgIpc) is 2.94. The molecule has 1 aromatic rings. The van der Waals surface area contributed by atoms with Crippen molar-refractivity contribution in [2.24, 2.45) is 10.8 Å². The molecule has 4 unspecified atom stereocenters. The smallest absolute Gasteiger partial charge is 0.218 e. The normalized spacial score (nSPS) is 31.2. The summed E-state index contributed by atoms with van der Waals surface area (Å²) in [6.45, 7) is 3.88. The van der Waals surface area contributed by atoms with Crippen molar-refractivity contribution in [2.75, 3.05) is 0 Å². The Balaban J connectivity index is 2.00. The first-order valence-corrected chi connectivity index (χ1v) is 10.7. The Morgan fingerprint density at radius 1 is 0.967 bits per heavy atom. The highest BCUT2D eigenvalue weighted by Crippen LogP contribution is 2.66. The predicted octanol–water partition coefficient (Wildman–Crippen LogP) is 5.19. The summed E-state index contributed by atoms with van der Waals surface area (Å²) >= 11 is 0. The van der Waals surface area contributed by atoms with Crippen molar-refractivity contribution in [2.45, 2.75) is 76.6 Å². The zero-order valence-corrected chi connectivity index (χ0v) is 17.6. The van der Waals surface area contributed by atoms with Crippen LogP contribution in [0.15, 0.2) is 30.3 Å². The molecule has 1 aromatic carbocycles. The summed E-state index contributed by atoms with van der Waals surface area (Å²) in [5, 5.41) is 39.3. The molecule has 2 aliphatic rings. The lowest BCUT2D eigenvalue weighted by atomic mass is 9.52. The summed E-state index contributed by atoms with van der Waals surface area (Å²) < 4.78 is 12.1. The molecule has 0 spiro atoms. The number of rotatable bonds is 8. The molecule has 2 aliphatic heterocycles. The van der Waals surface area contributed by atoms with E-state index < -0.39 is 28.6 Å². The molecule has 2 heterocycles. The van der Waals surface area contributed by atoms with Crippen molar-refractivity contribution in [3.05, 3.63) is 35.9 Å². The molecule has 0 radical (unpaired) electrons. The van der Waals surface area contributed by atoms with Crippen LogP contribution in [0.4, 0.5) is 0 Å². The molecule has 2 bridgehead atoms. The molecule has 2 fully saturated rings. The number of nitrogens with zero attached hydrogens (tertiary/aromatic N) is 3. The highest BCUT2D eigenvalue weighted by molar-refractivity contribution is 5.90. The van der Waals surface area contributed by atoms with Crippen LogP contribution in [0.3, 0.4) is 0 Å². The van der Waals surface area contributed by atoms with E-state index in [1.807, 2.05) is 30.3 Å². The molecule has 0 aromatic heterocycles. The maximum absolute atomic E-state index is 10.3. The summed E-state index contributed by atoms with van der Waals surface area (Å²) in [7, 11) is 0. The van der Waals surface area contributed by atoms with E-state index in [2.05, 4.69) is 25.1 Å². The van der Waals surface area contributed by atoms with Crippen LogP contribution in [0.25, 0.3) is 0 Å². The zero-order chi connectivity index (χ0) is 21.8. The second-order valence-corrected chi connectivity index (χ2v) is 8.41. The molecule has 156 valence electrons. The monoisotopic (exact) mass is 404 g/mol. The first-order chi connectivity index (χ1) is 14.5. The van der Waals surface area contributed by atoms with Crippen molar-refractivity contribution in [3.63, 3.8) is 0 Å². The third-order valence-electron chi connectivity index (χ3n) is 6.58. The van der Waals surface area contributed by atoms with E-state index in [9.17, 15) is 15.8 Å². The summed E-state index contributed by atoms with van der Waals surface area (Å²) in [4.78, 5) is 0. The van der Waals surface area contributed by atoms with Gasteiger partial charge in [0.15, 0.2) is 10.8 Å². The van der Waals surface area contributed by atoms with Gasteiger partial charge in [0.05, 0.1) is 30.2 Å². The number of hydrogen-bond donors (Lipinski definition) is 1. The largest absolute Gasteiger partial charge is 0.447 e. The summed E-state index contributed by atoms with van der Waals surface area (Å²) in [5.41, 5.74) is -2.83. The van der Waals surface area contributed by atoms with Crippen LogP contribution in [-0.4, -0.2) is 17.8 Å². The van der Waals surface area contributed by atoms with Crippen molar-refractivity contribution >= 4 is 5.90 Å². The fourth-order valence-corrected chi connectivity index (χ4v) is 5.12. The second kappa shape index (κ2) is 8.47. The molecular formula is C24H28N4O2. The van der Waals surface area contributed by atoms with Crippen LogP contribution in [0.5, 0.6) is 0 Å². The van der Waals surface area contributed by atoms with Crippen molar-refractivity contribution in [1.82, 2.24) is 0 Å². The lowest BCUT2D eigenvalue weighted by Gasteiger charge is -2.48. The van der Waals surface area contributed by atoms with Crippen LogP contribution in [0.1, 0.15) is 70.3 Å². The van der Waals surface area contributed by atoms with Crippen molar-refractivity contribution in [1.29, 1.82) is 21.2 Å². The SMILES string of the molecule is CCCCCCCCC1OC2(C)OC(=N)C(C#N)(C2c2ccccc2)C1(C#N)C#N. The average molecular weight is 405 g/mol. The van der Waals surface area contributed by atoms with Gasteiger partial charge >= 0.3 is 0 Å². The number of ether oxygens (including phenoxy) is 2. The van der Waals surface area contributed by atoms with E-state index in [-0.39, 0.29) is 5.90 Å². The lowest BCUT2D eigenvalue weighted by molar-refractivity contribution is -0.251. The van der Waals surface area contributed by atoms with E-state index in [0.29, 0.717) is 6.42 Å². The van der Waals surface area contributed by atoms with Gasteiger partial charge in [0, 0.05) is 6.92 Å². The van der Waals surface area contributed by atoms with Crippen LogP contribution in [0.2, 0.25) is 0 Å². The molecule has 0 saturated carbocycles. The quantitative estimate of drug-likeness (QED) is 0.599. The third-order valence-corrected chi connectivity index (χ3v) is 6.58. The summed E-state index contributed by atoms with van der Waals surface area (Å²) in [6, 6.07) is 15.6. The lowest BCUT2D eigenvalue weighted by Crippen LogP contribution is -2.60. The van der Waals surface area contributed by atoms with Gasteiger partial charge in [-0.2, -0.15) is 15.8 Å². The zero-order valence-electron chi connectivity index (χ0n) is 17.6. The van der Waals surface area contributed by atoms with Gasteiger partial charge in [0.2, 0.25) is 11.7 Å². The predicted molar refractivity (Wildman–Crippen MR) is 111 cm³/mol. The Morgan fingerprint density at radius 3 is 2.20 bits per heavy atom. The molecule has 0 aliphatic carbocycles. The van der Waals surface area contributed by atoms with E-state index >= 15 is 0 Å². The van der Waals surface area contributed by atoms with Crippen LogP contribution in [0, 0.1) is 50.2 Å². The van der Waals surface area contributed by atoms with Crippen LogP contribution >= 0.6 is 0 Å². The number of nitrogens with one attached hydrogen (secondary N) is 1. The third kappa shape index (κ3) is 3.06. The van der Waals surface area contributed by atoms with Crippen LogP contribution < -0.4 is 0 Å². The molecule has 30 heavy (non-hydrogen) atoms. The number of fused-ring (bicyclic) bond motifs is 2. The number of hydrogen-bond acceptors (Lipinski definition) is 6. The van der Waals surface area contributed by atoms with Crippen LogP contribution in [-0.2, 0) is 9.47 Å². The molecule has 3 rings (SSSR count). The molecule has 1 N–H and O–H groups in total. The van der Waals surface area contributed by atoms with E-state index in [1.54, 1.807) is 6.92 Å². The molecular weight excluding hydrogens is 376 g/mol. The minimum Gasteiger partial charge on any atom is -0.447 e. The second-order valence-electron chi connectivity index (χ2n) is 8.41. The first-order valence-electron chi connectivity index (χ1n) is 10.7. The highest BCUT2D eigenvalue weighted by Gasteiger charge is 2.79. The van der Waals surface area contributed by atoms with E-state index in [4.69, 9.17) is 14.9 Å². The Morgan fingerprint density at radius 2 is 1.60 bits per heavy atom. The Hall–Kier alpha value is -2.88. The Labute approximate surface area is 178 Å². The van der Waals surface area contributed by atoms with Gasteiger partial charge < -0.3 is 9.47 Å². The molecule has 2 saturated heterocycles. The Bertz CT molecular complexity index is 896. The van der Waals surface area contributed by atoms with E-state index in [1.165, 1.54) is 12.8 Å². The molecule has 0 amide bonds. The minimum absolute atomic E-state index is 0.352. The fraction of sp³-hybridized carbons (Fsp3) is 0.583. The van der Waals surface area contributed by atoms with Gasteiger partial charge in [0.25, 0.3) is 0 Å². The van der Waals surface area contributed by atoms with Gasteiger partial charge in [0.1, 0.15) is 0 Å². The number of unbranched alkanes of at least 4 members (excludes halogenated alkanes) is 5. The Kier molecular flexibility index (Phi) is 6.16. The standard InChI is InChI=1S/C24H28N4O2/c1-3-4-5-6-7-11-14-19-23(15-25,16-26)24(17-27)20(18-12-9-8-10-13-18)22(2,29-19)30-21(24)28/h8-10,12-13,19-20,28H,3-7,11,14H2,1-2H3. The van der Waals surface area contributed by atoms with Gasteiger partial charge in [-0.25, -0.2) is 0 Å². The maximum Gasteiger partial charge on any atom is 0.218 e. The number of benzene rings is 1. The topological polar surface area (TPSA) is 114 Å². The van der Waals surface area contributed by atoms with Gasteiger partial charge in [-0.15, -0.1) is 0 Å². The van der Waals surface area contributed by atoms with Gasteiger partial charge in [-0.3, -0.25) is 5.41 Å².